The third kappa shape index (κ3) is 4.90. The molecule has 0 aliphatic heterocycles. The predicted octanol–water partition coefficient (Wildman–Crippen LogP) is 3.49. The SMILES string of the molecule is Cc1ccc(S(=O)(=O)c2ccccc2)cc1S(=O)(=O)NCCc1cccc(F)c1. The van der Waals surface area contributed by atoms with Gasteiger partial charge in [0.15, 0.2) is 0 Å². The van der Waals surface area contributed by atoms with E-state index in [-0.39, 0.29) is 27.0 Å². The van der Waals surface area contributed by atoms with Crippen LogP contribution in [0, 0.1) is 12.7 Å². The number of sulfonamides is 1. The van der Waals surface area contributed by atoms with Crippen molar-refractivity contribution in [2.75, 3.05) is 6.54 Å². The van der Waals surface area contributed by atoms with Gasteiger partial charge in [-0.15, -0.1) is 0 Å². The smallest absolute Gasteiger partial charge is 0.219 e. The molecule has 0 heterocycles. The highest BCUT2D eigenvalue weighted by Gasteiger charge is 2.23. The summed E-state index contributed by atoms with van der Waals surface area (Å²) in [6.45, 7) is 1.65. The minimum atomic E-state index is -3.94. The quantitative estimate of drug-likeness (QED) is 0.619. The molecule has 1 N–H and O–H groups in total. The van der Waals surface area contributed by atoms with Crippen LogP contribution in [-0.4, -0.2) is 23.4 Å². The first-order valence-electron chi connectivity index (χ1n) is 8.85. The molecule has 0 amide bonds. The van der Waals surface area contributed by atoms with Gasteiger partial charge in [0.05, 0.1) is 14.7 Å². The number of halogens is 1. The molecule has 0 fully saturated rings. The van der Waals surface area contributed by atoms with Gasteiger partial charge >= 0.3 is 0 Å². The van der Waals surface area contributed by atoms with Gasteiger partial charge in [-0.25, -0.2) is 25.9 Å². The standard InChI is InChI=1S/C21H20FNO4S2/c1-16-10-11-20(28(24,25)19-8-3-2-4-9-19)15-21(16)29(26,27)23-13-12-17-6-5-7-18(22)14-17/h2-11,14-15,23H,12-13H2,1H3. The lowest BCUT2D eigenvalue weighted by Gasteiger charge is -2.12. The van der Waals surface area contributed by atoms with Crippen molar-refractivity contribution in [3.8, 4) is 0 Å². The minimum absolute atomic E-state index is 0.0564. The van der Waals surface area contributed by atoms with Crippen LogP contribution in [0.3, 0.4) is 0 Å². The van der Waals surface area contributed by atoms with Crippen molar-refractivity contribution in [1.82, 2.24) is 4.72 Å². The van der Waals surface area contributed by atoms with E-state index in [0.717, 1.165) is 0 Å². The average molecular weight is 434 g/mol. The fraction of sp³-hybridized carbons (Fsp3) is 0.143. The summed E-state index contributed by atoms with van der Waals surface area (Å²) >= 11 is 0. The molecular formula is C21H20FNO4S2. The molecule has 0 radical (unpaired) electrons. The van der Waals surface area contributed by atoms with Crippen molar-refractivity contribution >= 4 is 19.9 Å². The molecule has 0 saturated carbocycles. The fourth-order valence-corrected chi connectivity index (χ4v) is 5.56. The Hall–Kier alpha value is -2.55. The lowest BCUT2D eigenvalue weighted by Crippen LogP contribution is -2.27. The Morgan fingerprint density at radius 1 is 0.828 bits per heavy atom. The van der Waals surface area contributed by atoms with Crippen molar-refractivity contribution in [2.24, 2.45) is 0 Å². The van der Waals surface area contributed by atoms with Crippen LogP contribution in [0.25, 0.3) is 0 Å². The molecule has 0 aromatic heterocycles. The summed E-state index contributed by atoms with van der Waals surface area (Å²) in [7, 11) is -7.79. The van der Waals surface area contributed by atoms with E-state index in [1.54, 1.807) is 37.3 Å². The van der Waals surface area contributed by atoms with E-state index < -0.39 is 19.9 Å². The number of hydrogen-bond donors (Lipinski definition) is 1. The monoisotopic (exact) mass is 433 g/mol. The van der Waals surface area contributed by atoms with Gasteiger partial charge in [-0.1, -0.05) is 36.4 Å². The molecule has 8 heteroatoms. The highest BCUT2D eigenvalue weighted by Crippen LogP contribution is 2.25. The summed E-state index contributed by atoms with van der Waals surface area (Å²) in [4.78, 5) is -0.111. The molecule has 0 aliphatic carbocycles. The Bertz CT molecular complexity index is 1220. The van der Waals surface area contributed by atoms with Crippen molar-refractivity contribution in [3.05, 3.63) is 89.7 Å². The molecule has 0 unspecified atom stereocenters. The second-order valence-electron chi connectivity index (χ2n) is 6.52. The molecular weight excluding hydrogens is 413 g/mol. The van der Waals surface area contributed by atoms with E-state index in [4.69, 9.17) is 0 Å². The van der Waals surface area contributed by atoms with Crippen LogP contribution < -0.4 is 4.72 Å². The van der Waals surface area contributed by atoms with E-state index >= 15 is 0 Å². The Morgan fingerprint density at radius 2 is 1.55 bits per heavy atom. The lowest BCUT2D eigenvalue weighted by molar-refractivity contribution is 0.580. The van der Waals surface area contributed by atoms with Gasteiger partial charge in [0.2, 0.25) is 19.9 Å². The fourth-order valence-electron chi connectivity index (χ4n) is 2.87. The average Bonchev–Trinajstić information content (AvgIpc) is 2.68. The molecule has 0 atom stereocenters. The zero-order valence-corrected chi connectivity index (χ0v) is 17.3. The number of hydrogen-bond acceptors (Lipinski definition) is 4. The van der Waals surface area contributed by atoms with Crippen LogP contribution in [-0.2, 0) is 26.3 Å². The summed E-state index contributed by atoms with van der Waals surface area (Å²) in [5.41, 5.74) is 1.08. The van der Waals surface area contributed by atoms with Crippen molar-refractivity contribution < 1.29 is 21.2 Å². The number of sulfone groups is 1. The number of benzene rings is 3. The molecule has 29 heavy (non-hydrogen) atoms. The second-order valence-corrected chi connectivity index (χ2v) is 10.2. The summed E-state index contributed by atoms with van der Waals surface area (Å²) in [6.07, 6.45) is 0.304. The molecule has 0 spiro atoms. The molecule has 0 saturated heterocycles. The number of aryl methyl sites for hydroxylation is 1. The highest BCUT2D eigenvalue weighted by molar-refractivity contribution is 7.91. The van der Waals surface area contributed by atoms with Crippen LogP contribution >= 0.6 is 0 Å². The topological polar surface area (TPSA) is 80.3 Å². The highest BCUT2D eigenvalue weighted by atomic mass is 32.2. The third-order valence-electron chi connectivity index (χ3n) is 4.41. The van der Waals surface area contributed by atoms with E-state index in [9.17, 15) is 21.2 Å². The summed E-state index contributed by atoms with van der Waals surface area (Å²) in [5.74, 6) is -0.389. The van der Waals surface area contributed by atoms with E-state index in [1.165, 1.54) is 42.5 Å². The van der Waals surface area contributed by atoms with Gasteiger partial charge in [-0.2, -0.15) is 0 Å². The van der Waals surface area contributed by atoms with Gasteiger partial charge in [0.1, 0.15) is 5.82 Å². The van der Waals surface area contributed by atoms with Crippen LogP contribution in [0.15, 0.2) is 87.5 Å². The largest absolute Gasteiger partial charge is 0.240 e. The van der Waals surface area contributed by atoms with Gasteiger partial charge in [0.25, 0.3) is 0 Å². The van der Waals surface area contributed by atoms with Crippen LogP contribution in [0.2, 0.25) is 0 Å². The zero-order valence-electron chi connectivity index (χ0n) is 15.7. The normalized spacial score (nSPS) is 12.1. The third-order valence-corrected chi connectivity index (χ3v) is 7.78. The van der Waals surface area contributed by atoms with Gasteiger partial charge in [0, 0.05) is 6.54 Å². The molecule has 3 aromatic rings. The maximum atomic E-state index is 13.2. The Kier molecular flexibility index (Phi) is 6.16. The van der Waals surface area contributed by atoms with Gasteiger partial charge in [-0.3, -0.25) is 0 Å². The summed E-state index contributed by atoms with van der Waals surface area (Å²) in [5, 5.41) is 0. The second kappa shape index (κ2) is 8.44. The maximum absolute atomic E-state index is 13.2. The summed E-state index contributed by atoms with van der Waals surface area (Å²) < 4.78 is 66.8. The van der Waals surface area contributed by atoms with Crippen molar-refractivity contribution in [3.63, 3.8) is 0 Å². The van der Waals surface area contributed by atoms with Crippen LogP contribution in [0.4, 0.5) is 4.39 Å². The Morgan fingerprint density at radius 3 is 2.24 bits per heavy atom. The maximum Gasteiger partial charge on any atom is 0.240 e. The molecule has 3 rings (SSSR count). The number of nitrogens with one attached hydrogen (secondary N) is 1. The van der Waals surface area contributed by atoms with E-state index in [1.807, 2.05) is 0 Å². The first kappa shape index (κ1) is 21.2. The van der Waals surface area contributed by atoms with Crippen molar-refractivity contribution in [2.45, 2.75) is 28.0 Å². The molecule has 3 aromatic carbocycles. The summed E-state index contributed by atoms with van der Waals surface area (Å²) in [6, 6.07) is 17.8. The molecule has 0 bridgehead atoms. The predicted molar refractivity (Wildman–Crippen MR) is 108 cm³/mol. The lowest BCUT2D eigenvalue weighted by atomic mass is 10.1. The molecule has 5 nitrogen and oxygen atoms in total. The van der Waals surface area contributed by atoms with Gasteiger partial charge in [-0.05, 0) is 60.9 Å². The first-order valence-corrected chi connectivity index (χ1v) is 11.8. The van der Waals surface area contributed by atoms with E-state index in [2.05, 4.69) is 4.72 Å². The molecule has 0 aliphatic rings. The van der Waals surface area contributed by atoms with Crippen LogP contribution in [0.1, 0.15) is 11.1 Å². The Labute approximate surface area is 170 Å². The zero-order chi connectivity index (χ0) is 21.1. The van der Waals surface area contributed by atoms with Crippen molar-refractivity contribution in [1.29, 1.82) is 0 Å². The van der Waals surface area contributed by atoms with E-state index in [0.29, 0.717) is 17.5 Å². The van der Waals surface area contributed by atoms with Gasteiger partial charge < -0.3 is 0 Å². The van der Waals surface area contributed by atoms with Crippen LogP contribution in [0.5, 0.6) is 0 Å². The first-order chi connectivity index (χ1) is 13.7. The number of rotatable bonds is 7. The minimum Gasteiger partial charge on any atom is -0.219 e. The Balaban J connectivity index is 1.85. The molecule has 152 valence electrons.